The second-order valence-electron chi connectivity index (χ2n) is 4.63. The van der Waals surface area contributed by atoms with Gasteiger partial charge >= 0.3 is 0 Å². The van der Waals surface area contributed by atoms with Crippen molar-refractivity contribution in [1.29, 1.82) is 0 Å². The van der Waals surface area contributed by atoms with Crippen LogP contribution in [0.4, 0.5) is 8.78 Å². The fraction of sp³-hybridized carbons (Fsp3) is 0.588. The summed E-state index contributed by atoms with van der Waals surface area (Å²) in [4.78, 5) is 14.0. The van der Waals surface area contributed by atoms with Crippen LogP contribution in [0.3, 0.4) is 0 Å². The third-order valence-electron chi connectivity index (χ3n) is 3.27. The van der Waals surface area contributed by atoms with Crippen LogP contribution in [0, 0.1) is 0 Å². The molecule has 1 aliphatic heterocycles. The van der Waals surface area contributed by atoms with Crippen molar-refractivity contribution in [3.8, 4) is 5.75 Å². The first-order valence-corrected chi connectivity index (χ1v) is 7.94. The first kappa shape index (κ1) is 21.3. The van der Waals surface area contributed by atoms with Crippen LogP contribution in [0.25, 0.3) is 0 Å². The highest BCUT2D eigenvalue weighted by atomic mass is 19.3. The highest BCUT2D eigenvalue weighted by Crippen LogP contribution is 2.16. The van der Waals surface area contributed by atoms with E-state index in [-0.39, 0.29) is 5.91 Å². The zero-order valence-electron chi connectivity index (χ0n) is 14.3. The van der Waals surface area contributed by atoms with E-state index in [1.54, 1.807) is 7.11 Å². The number of halogens is 2. The Kier molecular flexibility index (Phi) is 12.9. The van der Waals surface area contributed by atoms with Crippen LogP contribution in [0.5, 0.6) is 5.75 Å². The Bertz CT molecular complexity index is 427. The molecule has 6 heteroatoms. The van der Waals surface area contributed by atoms with Crippen LogP contribution in [0.2, 0.25) is 0 Å². The molecule has 4 nitrogen and oxygen atoms in total. The summed E-state index contributed by atoms with van der Waals surface area (Å²) in [5.41, 5.74) is 1.01. The van der Waals surface area contributed by atoms with E-state index in [4.69, 9.17) is 4.74 Å². The summed E-state index contributed by atoms with van der Waals surface area (Å²) in [5, 5.41) is 2.93. The van der Waals surface area contributed by atoms with Crippen molar-refractivity contribution in [2.75, 3.05) is 33.7 Å². The maximum absolute atomic E-state index is 11.7. The molecule has 2 rings (SSSR count). The molecule has 1 saturated heterocycles. The largest absolute Gasteiger partial charge is 0.496 e. The first-order chi connectivity index (χ1) is 11.2. The standard InChI is InChI=1S/C14H20N2O2.C2H6.CH2F2/c1-18-13-6-3-2-5-12(13)11-15-14(17)7-10-16-8-4-9-16;1-2;2-1-3/h2-3,5-6H,4,7-11H2,1H3,(H,15,17);1-2H3;1H2. The fourth-order valence-electron chi connectivity index (χ4n) is 2.00. The normalized spacial score (nSPS) is 12.7. The third kappa shape index (κ3) is 9.13. The number of carbonyl (C=O) groups excluding carboxylic acids is 1. The Morgan fingerprint density at radius 3 is 2.39 bits per heavy atom. The molecule has 1 aromatic carbocycles. The van der Waals surface area contributed by atoms with E-state index in [1.807, 2.05) is 38.1 Å². The van der Waals surface area contributed by atoms with Crippen LogP contribution in [0.1, 0.15) is 32.3 Å². The summed E-state index contributed by atoms with van der Waals surface area (Å²) in [6.07, 6.45) is 1.85. The van der Waals surface area contributed by atoms with Crippen molar-refractivity contribution in [2.24, 2.45) is 0 Å². The minimum Gasteiger partial charge on any atom is -0.496 e. The number of likely N-dealkylation sites (tertiary alicyclic amines) is 1. The smallest absolute Gasteiger partial charge is 0.229 e. The summed E-state index contributed by atoms with van der Waals surface area (Å²) in [7, 11) is 1.64. The molecule has 1 fully saturated rings. The highest BCUT2D eigenvalue weighted by Gasteiger charge is 2.14. The molecule has 0 radical (unpaired) electrons. The first-order valence-electron chi connectivity index (χ1n) is 7.94. The van der Waals surface area contributed by atoms with Gasteiger partial charge in [-0.25, -0.2) is 8.78 Å². The van der Waals surface area contributed by atoms with E-state index in [9.17, 15) is 13.6 Å². The van der Waals surface area contributed by atoms with Gasteiger partial charge in [-0.3, -0.25) is 4.79 Å². The molecular weight excluding hydrogens is 302 g/mol. The predicted molar refractivity (Wildman–Crippen MR) is 88.9 cm³/mol. The number of methoxy groups -OCH3 is 1. The van der Waals surface area contributed by atoms with Gasteiger partial charge in [-0.15, -0.1) is 0 Å². The molecular formula is C17H28F2N2O2. The van der Waals surface area contributed by atoms with Gasteiger partial charge in [0.25, 0.3) is 0 Å². The zero-order chi connectivity index (χ0) is 17.5. The molecule has 1 amide bonds. The number of nitrogens with zero attached hydrogens (tertiary/aromatic N) is 1. The number of hydrogen-bond acceptors (Lipinski definition) is 3. The minimum absolute atomic E-state index is 0.104. The van der Waals surface area contributed by atoms with Crippen molar-refractivity contribution < 1.29 is 18.3 Å². The molecule has 0 aliphatic carbocycles. The average molecular weight is 330 g/mol. The summed E-state index contributed by atoms with van der Waals surface area (Å²) < 4.78 is 24.5. The molecule has 0 atom stereocenters. The summed E-state index contributed by atoms with van der Waals surface area (Å²) in [6, 6.07) is 7.74. The fourth-order valence-corrected chi connectivity index (χ4v) is 2.00. The maximum Gasteiger partial charge on any atom is 0.229 e. The van der Waals surface area contributed by atoms with Crippen molar-refractivity contribution >= 4 is 5.91 Å². The Hall–Kier alpha value is -1.69. The monoisotopic (exact) mass is 330 g/mol. The topological polar surface area (TPSA) is 41.6 Å². The van der Waals surface area contributed by atoms with Gasteiger partial charge < -0.3 is 15.0 Å². The van der Waals surface area contributed by atoms with E-state index in [1.165, 1.54) is 6.42 Å². The molecule has 0 aromatic heterocycles. The molecule has 1 aromatic rings. The van der Waals surface area contributed by atoms with Crippen LogP contribution >= 0.6 is 0 Å². The number of benzene rings is 1. The van der Waals surface area contributed by atoms with E-state index >= 15 is 0 Å². The lowest BCUT2D eigenvalue weighted by atomic mass is 10.2. The Morgan fingerprint density at radius 2 is 1.87 bits per heavy atom. The quantitative estimate of drug-likeness (QED) is 0.870. The van der Waals surface area contributed by atoms with Gasteiger partial charge in [-0.1, -0.05) is 32.0 Å². The Morgan fingerprint density at radius 1 is 1.26 bits per heavy atom. The van der Waals surface area contributed by atoms with Crippen molar-refractivity contribution in [1.82, 2.24) is 10.2 Å². The number of para-hydroxylation sites is 1. The van der Waals surface area contributed by atoms with E-state index < -0.39 is 6.93 Å². The van der Waals surface area contributed by atoms with E-state index in [2.05, 4.69) is 10.2 Å². The number of hydrogen-bond donors (Lipinski definition) is 1. The van der Waals surface area contributed by atoms with Crippen LogP contribution < -0.4 is 10.1 Å². The van der Waals surface area contributed by atoms with Crippen LogP contribution in [0.15, 0.2) is 24.3 Å². The molecule has 0 saturated carbocycles. The van der Waals surface area contributed by atoms with Crippen molar-refractivity contribution in [2.45, 2.75) is 33.2 Å². The van der Waals surface area contributed by atoms with Crippen LogP contribution in [-0.4, -0.2) is 44.5 Å². The number of carbonyl (C=O) groups is 1. The number of ether oxygens (including phenoxy) is 1. The molecule has 1 N–H and O–H groups in total. The molecule has 1 aliphatic rings. The minimum atomic E-state index is -1.75. The number of nitrogens with one attached hydrogen (secondary N) is 1. The zero-order valence-corrected chi connectivity index (χ0v) is 14.3. The third-order valence-corrected chi connectivity index (χ3v) is 3.27. The lowest BCUT2D eigenvalue weighted by molar-refractivity contribution is -0.121. The van der Waals surface area contributed by atoms with E-state index in [0.717, 1.165) is 30.9 Å². The predicted octanol–water partition coefficient (Wildman–Crippen LogP) is 3.32. The van der Waals surface area contributed by atoms with Gasteiger partial charge in [0.15, 0.2) is 0 Å². The van der Waals surface area contributed by atoms with Crippen LogP contribution in [-0.2, 0) is 11.3 Å². The second kappa shape index (κ2) is 13.9. The number of amides is 1. The molecule has 23 heavy (non-hydrogen) atoms. The highest BCUT2D eigenvalue weighted by molar-refractivity contribution is 5.76. The molecule has 132 valence electrons. The number of rotatable bonds is 6. The van der Waals surface area contributed by atoms with Gasteiger partial charge in [0.05, 0.1) is 7.11 Å². The Balaban J connectivity index is 0.000000868. The number of alkyl halides is 2. The summed E-state index contributed by atoms with van der Waals surface area (Å²) in [6.45, 7) is 5.93. The average Bonchev–Trinajstić information content (AvgIpc) is 2.54. The van der Waals surface area contributed by atoms with Gasteiger partial charge in [0, 0.05) is 25.1 Å². The van der Waals surface area contributed by atoms with Crippen molar-refractivity contribution in [3.63, 3.8) is 0 Å². The van der Waals surface area contributed by atoms with Gasteiger partial charge in [0.1, 0.15) is 5.75 Å². The van der Waals surface area contributed by atoms with E-state index in [0.29, 0.717) is 13.0 Å². The molecule has 0 spiro atoms. The van der Waals surface area contributed by atoms with Gasteiger partial charge in [0.2, 0.25) is 12.8 Å². The lowest BCUT2D eigenvalue weighted by Gasteiger charge is -2.30. The molecule has 1 heterocycles. The second-order valence-corrected chi connectivity index (χ2v) is 4.63. The molecule has 0 bridgehead atoms. The lowest BCUT2D eigenvalue weighted by Crippen LogP contribution is -2.39. The maximum atomic E-state index is 11.7. The molecule has 0 unspecified atom stereocenters. The van der Waals surface area contributed by atoms with Crippen molar-refractivity contribution in [3.05, 3.63) is 29.8 Å². The Labute approximate surface area is 137 Å². The van der Waals surface area contributed by atoms with Gasteiger partial charge in [-0.05, 0) is 25.6 Å². The SMILES string of the molecule is CC.COc1ccccc1CNC(=O)CCN1CCC1.FCF. The summed E-state index contributed by atoms with van der Waals surface area (Å²) in [5.74, 6) is 0.924. The van der Waals surface area contributed by atoms with Gasteiger partial charge in [-0.2, -0.15) is 0 Å². The summed E-state index contributed by atoms with van der Waals surface area (Å²) >= 11 is 0.